The Kier molecular flexibility index (Phi) is 4.88. The van der Waals surface area contributed by atoms with Crippen LogP contribution in [0.2, 0.25) is 0 Å². The lowest BCUT2D eigenvalue weighted by atomic mass is 9.89. The molecule has 0 radical (unpaired) electrons. The molecule has 1 aromatic carbocycles. The van der Waals surface area contributed by atoms with Crippen molar-refractivity contribution in [2.75, 3.05) is 13.2 Å². The van der Waals surface area contributed by atoms with Crippen LogP contribution >= 0.6 is 0 Å². The van der Waals surface area contributed by atoms with E-state index in [0.29, 0.717) is 12.1 Å². The quantitative estimate of drug-likeness (QED) is 0.910. The predicted molar refractivity (Wildman–Crippen MR) is 87.3 cm³/mol. The number of H-pyrrole nitrogens is 1. The fraction of sp³-hybridized carbons (Fsp3) is 0.333. The molecule has 2 aromatic rings. The first kappa shape index (κ1) is 15.5. The summed E-state index contributed by atoms with van der Waals surface area (Å²) in [6.45, 7) is 1.31. The first-order valence-corrected chi connectivity index (χ1v) is 7.87. The van der Waals surface area contributed by atoms with E-state index in [1.54, 1.807) is 0 Å². The molecule has 0 unspecified atom stereocenters. The van der Waals surface area contributed by atoms with Gasteiger partial charge in [0.2, 0.25) is 5.56 Å². The number of aromatic amines is 1. The zero-order valence-electron chi connectivity index (χ0n) is 12.8. The van der Waals surface area contributed by atoms with Gasteiger partial charge in [-0.15, -0.1) is 0 Å². The maximum absolute atomic E-state index is 12.2. The number of ether oxygens (including phenoxy) is 1. The smallest absolute Gasteiger partial charge is 0.252 e. The Morgan fingerprint density at radius 2 is 2.04 bits per heavy atom. The van der Waals surface area contributed by atoms with E-state index < -0.39 is 0 Å². The van der Waals surface area contributed by atoms with Crippen LogP contribution in [0.25, 0.3) is 0 Å². The van der Waals surface area contributed by atoms with Gasteiger partial charge >= 0.3 is 0 Å². The first-order valence-electron chi connectivity index (χ1n) is 7.87. The Morgan fingerprint density at radius 1 is 1.22 bits per heavy atom. The van der Waals surface area contributed by atoms with E-state index in [-0.39, 0.29) is 23.5 Å². The predicted octanol–water partition coefficient (Wildman–Crippen LogP) is 2.27. The number of aromatic nitrogens is 1. The van der Waals surface area contributed by atoms with E-state index in [2.05, 4.69) is 22.4 Å². The second kappa shape index (κ2) is 7.24. The molecule has 1 aliphatic heterocycles. The number of pyridine rings is 1. The number of rotatable bonds is 4. The molecule has 5 heteroatoms. The van der Waals surface area contributed by atoms with Crippen molar-refractivity contribution < 1.29 is 9.53 Å². The van der Waals surface area contributed by atoms with Gasteiger partial charge in [-0.25, -0.2) is 0 Å². The van der Waals surface area contributed by atoms with Gasteiger partial charge in [-0.1, -0.05) is 30.3 Å². The molecule has 0 spiro atoms. The molecule has 120 valence electrons. The van der Waals surface area contributed by atoms with Gasteiger partial charge < -0.3 is 15.0 Å². The molecular weight excluding hydrogens is 292 g/mol. The SMILES string of the molecule is O=C(NC[C@@H]1CCCO[C@@H]1c1ccccc1)c1ccc(=O)[nH]c1. The van der Waals surface area contributed by atoms with Crippen LogP contribution in [0.4, 0.5) is 0 Å². The molecule has 2 N–H and O–H groups in total. The van der Waals surface area contributed by atoms with Crippen molar-refractivity contribution >= 4 is 5.91 Å². The average Bonchev–Trinajstić information content (AvgIpc) is 2.61. The number of hydrogen-bond acceptors (Lipinski definition) is 3. The third kappa shape index (κ3) is 3.87. The van der Waals surface area contributed by atoms with Crippen molar-refractivity contribution in [3.63, 3.8) is 0 Å². The standard InChI is InChI=1S/C18H20N2O3/c21-16-9-8-15(12-19-16)18(22)20-11-14-7-4-10-23-17(14)13-5-2-1-3-6-13/h1-3,5-6,8-9,12,14,17H,4,7,10-11H2,(H,19,21)(H,20,22)/t14-,17+/m0/s1. The summed E-state index contributed by atoms with van der Waals surface area (Å²) in [6, 6.07) is 13.0. The molecule has 0 saturated carbocycles. The van der Waals surface area contributed by atoms with Gasteiger partial charge in [-0.2, -0.15) is 0 Å². The van der Waals surface area contributed by atoms with E-state index in [9.17, 15) is 9.59 Å². The van der Waals surface area contributed by atoms with Gasteiger partial charge in [0.15, 0.2) is 0 Å². The third-order valence-corrected chi connectivity index (χ3v) is 4.14. The lowest BCUT2D eigenvalue weighted by Gasteiger charge is -2.32. The second-order valence-corrected chi connectivity index (χ2v) is 5.76. The molecule has 2 heterocycles. The molecule has 2 atom stereocenters. The molecule has 5 nitrogen and oxygen atoms in total. The topological polar surface area (TPSA) is 71.2 Å². The van der Waals surface area contributed by atoms with Crippen LogP contribution in [0.15, 0.2) is 53.5 Å². The molecule has 1 amide bonds. The molecule has 0 bridgehead atoms. The highest BCUT2D eigenvalue weighted by molar-refractivity contribution is 5.93. The van der Waals surface area contributed by atoms with Crippen molar-refractivity contribution in [1.29, 1.82) is 0 Å². The van der Waals surface area contributed by atoms with E-state index in [1.165, 1.54) is 18.3 Å². The molecule has 1 aliphatic rings. The van der Waals surface area contributed by atoms with Crippen molar-refractivity contribution in [1.82, 2.24) is 10.3 Å². The summed E-state index contributed by atoms with van der Waals surface area (Å²) in [5.41, 5.74) is 1.39. The van der Waals surface area contributed by atoms with Crippen molar-refractivity contribution in [2.45, 2.75) is 18.9 Å². The van der Waals surface area contributed by atoms with Crippen LogP contribution in [-0.4, -0.2) is 24.0 Å². The van der Waals surface area contributed by atoms with E-state index in [1.807, 2.05) is 18.2 Å². The maximum atomic E-state index is 12.2. The summed E-state index contributed by atoms with van der Waals surface area (Å²) in [5, 5.41) is 2.95. The number of amides is 1. The zero-order valence-corrected chi connectivity index (χ0v) is 12.8. The number of carbonyl (C=O) groups is 1. The van der Waals surface area contributed by atoms with Crippen LogP contribution in [0.5, 0.6) is 0 Å². The lowest BCUT2D eigenvalue weighted by Crippen LogP contribution is -2.35. The molecule has 3 rings (SSSR count). The van der Waals surface area contributed by atoms with Crippen LogP contribution in [0.3, 0.4) is 0 Å². The summed E-state index contributed by atoms with van der Waals surface area (Å²) in [5.74, 6) is 0.0662. The molecule has 1 saturated heterocycles. The minimum Gasteiger partial charge on any atom is -0.373 e. The first-order chi connectivity index (χ1) is 11.2. The summed E-state index contributed by atoms with van der Waals surface area (Å²) >= 11 is 0. The average molecular weight is 312 g/mol. The third-order valence-electron chi connectivity index (χ3n) is 4.14. The van der Waals surface area contributed by atoms with Gasteiger partial charge in [-0.05, 0) is 24.5 Å². The largest absolute Gasteiger partial charge is 0.373 e. The lowest BCUT2D eigenvalue weighted by molar-refractivity contribution is -0.0272. The van der Waals surface area contributed by atoms with E-state index in [0.717, 1.165) is 25.0 Å². The van der Waals surface area contributed by atoms with Gasteiger partial charge in [0.05, 0.1) is 11.7 Å². The molecule has 23 heavy (non-hydrogen) atoms. The number of carbonyl (C=O) groups excluding carboxylic acids is 1. The van der Waals surface area contributed by atoms with E-state index in [4.69, 9.17) is 4.74 Å². The number of hydrogen-bond donors (Lipinski definition) is 2. The van der Waals surface area contributed by atoms with Crippen LogP contribution < -0.4 is 10.9 Å². The summed E-state index contributed by atoms with van der Waals surface area (Å²) in [6.07, 6.45) is 3.47. The molecule has 1 aromatic heterocycles. The number of nitrogens with one attached hydrogen (secondary N) is 2. The molecule has 1 fully saturated rings. The van der Waals surface area contributed by atoms with Crippen LogP contribution in [-0.2, 0) is 4.74 Å². The Morgan fingerprint density at radius 3 is 2.78 bits per heavy atom. The Bertz CT molecular complexity index is 691. The minimum absolute atomic E-state index is 0.0147. The molecular formula is C18H20N2O3. The van der Waals surface area contributed by atoms with Gasteiger partial charge in [-0.3, -0.25) is 9.59 Å². The van der Waals surface area contributed by atoms with Gasteiger partial charge in [0.25, 0.3) is 5.91 Å². The van der Waals surface area contributed by atoms with Gasteiger partial charge in [0.1, 0.15) is 0 Å². The Labute approximate surface area is 134 Å². The highest BCUT2D eigenvalue weighted by atomic mass is 16.5. The minimum atomic E-state index is -0.216. The Hall–Kier alpha value is -2.40. The van der Waals surface area contributed by atoms with Crippen molar-refractivity contribution in [3.05, 3.63) is 70.1 Å². The zero-order chi connectivity index (χ0) is 16.1. The molecule has 0 aliphatic carbocycles. The number of benzene rings is 1. The fourth-order valence-corrected chi connectivity index (χ4v) is 2.94. The monoisotopic (exact) mass is 312 g/mol. The Balaban J connectivity index is 1.64. The normalized spacial score (nSPS) is 20.9. The van der Waals surface area contributed by atoms with Crippen molar-refractivity contribution in [3.8, 4) is 0 Å². The van der Waals surface area contributed by atoms with Crippen LogP contribution in [0, 0.1) is 5.92 Å². The highest BCUT2D eigenvalue weighted by Crippen LogP contribution is 2.33. The fourth-order valence-electron chi connectivity index (χ4n) is 2.94. The highest BCUT2D eigenvalue weighted by Gasteiger charge is 2.27. The van der Waals surface area contributed by atoms with Crippen molar-refractivity contribution in [2.24, 2.45) is 5.92 Å². The summed E-state index contributed by atoms with van der Waals surface area (Å²) < 4.78 is 5.93. The van der Waals surface area contributed by atoms with Gasteiger partial charge in [0, 0.05) is 31.3 Å². The summed E-state index contributed by atoms with van der Waals surface area (Å²) in [4.78, 5) is 25.7. The van der Waals surface area contributed by atoms with Crippen LogP contribution in [0.1, 0.15) is 34.9 Å². The second-order valence-electron chi connectivity index (χ2n) is 5.76. The maximum Gasteiger partial charge on any atom is 0.252 e. The van der Waals surface area contributed by atoms with E-state index >= 15 is 0 Å². The summed E-state index contributed by atoms with van der Waals surface area (Å²) in [7, 11) is 0.